The topological polar surface area (TPSA) is 68.3 Å². The predicted molar refractivity (Wildman–Crippen MR) is 240 cm³/mol. The fraction of sp³-hybridized carbons (Fsp3) is 0.615. The zero-order chi connectivity index (χ0) is 40.1. The van der Waals surface area contributed by atoms with Crippen LogP contribution >= 0.6 is 0 Å². The first-order chi connectivity index (χ1) is 27.6. The van der Waals surface area contributed by atoms with Crippen LogP contribution in [-0.4, -0.2) is 25.1 Å². The molecule has 56 heavy (non-hydrogen) atoms. The summed E-state index contributed by atoms with van der Waals surface area (Å²) < 4.78 is 0. The molecule has 0 aliphatic heterocycles. The van der Waals surface area contributed by atoms with Crippen LogP contribution in [0.3, 0.4) is 0 Å². The molecule has 0 unspecified atom stereocenters. The van der Waals surface area contributed by atoms with Crippen LogP contribution in [-0.2, 0) is 25.7 Å². The van der Waals surface area contributed by atoms with Crippen LogP contribution in [0.1, 0.15) is 245 Å². The van der Waals surface area contributed by atoms with Gasteiger partial charge >= 0.3 is 0 Å². The number of benzene rings is 4. The van der Waals surface area contributed by atoms with Gasteiger partial charge in [-0.1, -0.05) is 168 Å². The highest BCUT2D eigenvalue weighted by molar-refractivity contribution is 6.36. The Morgan fingerprint density at radius 3 is 0.679 bits per heavy atom. The molecule has 4 aromatic carbocycles. The number of hydrogen-bond donors (Lipinski definition) is 0. The maximum atomic E-state index is 13.4. The first-order valence-corrected chi connectivity index (χ1v) is 23.2. The molecule has 0 fully saturated rings. The molecule has 4 heteroatoms. The molecule has 4 rings (SSSR count). The highest BCUT2D eigenvalue weighted by atomic mass is 16.1. The largest absolute Gasteiger partial charge is 0.298 e. The lowest BCUT2D eigenvalue weighted by Crippen LogP contribution is -2.10. The van der Waals surface area contributed by atoms with Crippen LogP contribution in [0.2, 0.25) is 0 Å². The summed E-state index contributed by atoms with van der Waals surface area (Å²) in [6, 6.07) is 4.49. The Labute approximate surface area is 339 Å². The summed E-state index contributed by atoms with van der Waals surface area (Å²) in [5.41, 5.74) is 6.25. The van der Waals surface area contributed by atoms with Crippen molar-refractivity contribution in [2.24, 2.45) is 0 Å². The maximum absolute atomic E-state index is 13.4. The average molecular weight is 763 g/mol. The number of aryl methyl sites for hydroxylation is 4. The van der Waals surface area contributed by atoms with Gasteiger partial charge in [-0.15, -0.1) is 0 Å². The number of carbonyl (C=O) groups is 4. The van der Waals surface area contributed by atoms with Gasteiger partial charge in [0.1, 0.15) is 0 Å². The van der Waals surface area contributed by atoms with Gasteiger partial charge in [-0.3, -0.25) is 19.2 Å². The van der Waals surface area contributed by atoms with Gasteiger partial charge in [0.25, 0.3) is 0 Å². The SMILES string of the molecule is CCCCCCCCc1cc(CCCCCCCC)c2c(C=O)c(C=O)c3c(CCCCCCCC)cc(CCCCCCCC)c4c(C=O)c(C=O)c1c2c43. The van der Waals surface area contributed by atoms with Crippen molar-refractivity contribution in [2.45, 2.75) is 207 Å². The standard InChI is InChI=1S/C52H74O4/c1-5-9-13-17-21-25-29-39-33-40(30-26-22-18-14-10-6-2)48-45(37-55)46(38-56)50-42(32-28-24-20-16-12-8-4)34-41(31-27-23-19-15-11-7-3)49-44(36-54)43(35-53)47(39)51(48)52(49)50/h33-38H,5-32H2,1-4H3. The highest BCUT2D eigenvalue weighted by Gasteiger charge is 2.29. The van der Waals surface area contributed by atoms with Gasteiger partial charge in [0.15, 0.2) is 25.1 Å². The van der Waals surface area contributed by atoms with E-state index >= 15 is 0 Å². The fourth-order valence-corrected chi connectivity index (χ4v) is 9.53. The van der Waals surface area contributed by atoms with E-state index in [0.717, 1.165) is 157 Å². The van der Waals surface area contributed by atoms with Crippen molar-refractivity contribution >= 4 is 57.5 Å². The average Bonchev–Trinajstić information content (AvgIpc) is 3.22. The van der Waals surface area contributed by atoms with Gasteiger partial charge in [0.2, 0.25) is 0 Å². The van der Waals surface area contributed by atoms with Crippen molar-refractivity contribution in [1.29, 1.82) is 0 Å². The quantitative estimate of drug-likeness (QED) is 0.0282. The third kappa shape index (κ3) is 11.4. The summed E-state index contributed by atoms with van der Waals surface area (Å²) in [7, 11) is 0. The Kier molecular flexibility index (Phi) is 20.3. The van der Waals surface area contributed by atoms with Crippen molar-refractivity contribution in [2.75, 3.05) is 0 Å². The minimum absolute atomic E-state index is 0.453. The van der Waals surface area contributed by atoms with Crippen molar-refractivity contribution in [1.82, 2.24) is 0 Å². The van der Waals surface area contributed by atoms with Gasteiger partial charge in [-0.2, -0.15) is 0 Å². The molecule has 306 valence electrons. The van der Waals surface area contributed by atoms with Gasteiger partial charge in [0.05, 0.1) is 0 Å². The van der Waals surface area contributed by atoms with Crippen LogP contribution in [0.5, 0.6) is 0 Å². The molecule has 0 bridgehead atoms. The summed E-state index contributed by atoms with van der Waals surface area (Å²) >= 11 is 0. The van der Waals surface area contributed by atoms with Crippen LogP contribution in [0, 0.1) is 0 Å². The summed E-state index contributed by atoms with van der Waals surface area (Å²) in [4.78, 5) is 53.6. The Bertz CT molecular complexity index is 1570. The molecular formula is C52H74O4. The van der Waals surface area contributed by atoms with Crippen LogP contribution < -0.4 is 0 Å². The number of unbranched alkanes of at least 4 members (excludes halogenated alkanes) is 20. The Balaban J connectivity index is 2.05. The minimum Gasteiger partial charge on any atom is -0.298 e. The maximum Gasteiger partial charge on any atom is 0.151 e. The first kappa shape index (κ1) is 45.3. The van der Waals surface area contributed by atoms with Gasteiger partial charge in [0, 0.05) is 22.3 Å². The van der Waals surface area contributed by atoms with Crippen LogP contribution in [0.4, 0.5) is 0 Å². The number of aldehydes is 4. The zero-order valence-electron chi connectivity index (χ0n) is 35.9. The Morgan fingerprint density at radius 2 is 0.482 bits per heavy atom. The summed E-state index contributed by atoms with van der Waals surface area (Å²) in [5.74, 6) is 0. The lowest BCUT2D eigenvalue weighted by Gasteiger charge is -2.26. The molecule has 0 heterocycles. The Hall–Kier alpha value is -3.40. The summed E-state index contributed by atoms with van der Waals surface area (Å²) in [6.45, 7) is 8.96. The van der Waals surface area contributed by atoms with Crippen molar-refractivity contribution in [3.8, 4) is 0 Å². The predicted octanol–water partition coefficient (Wildman–Crippen LogP) is 15.4. The van der Waals surface area contributed by atoms with E-state index in [-0.39, 0.29) is 0 Å². The molecule has 0 saturated heterocycles. The molecule has 4 aromatic rings. The summed E-state index contributed by atoms with van der Waals surface area (Å²) in [6.07, 6.45) is 34.8. The molecular weight excluding hydrogens is 689 g/mol. The van der Waals surface area contributed by atoms with E-state index < -0.39 is 0 Å². The lowest BCUT2D eigenvalue weighted by atomic mass is 9.76. The highest BCUT2D eigenvalue weighted by Crippen LogP contribution is 2.47. The van der Waals surface area contributed by atoms with Gasteiger partial charge < -0.3 is 0 Å². The van der Waals surface area contributed by atoms with E-state index in [4.69, 9.17) is 0 Å². The fourth-order valence-electron chi connectivity index (χ4n) is 9.53. The van der Waals surface area contributed by atoms with Crippen molar-refractivity contribution < 1.29 is 19.2 Å². The molecule has 4 nitrogen and oxygen atoms in total. The molecule has 0 aromatic heterocycles. The van der Waals surface area contributed by atoms with Crippen molar-refractivity contribution in [3.63, 3.8) is 0 Å². The second-order valence-electron chi connectivity index (χ2n) is 16.8. The van der Waals surface area contributed by atoms with Gasteiger partial charge in [-0.05, 0) is 106 Å². The zero-order valence-corrected chi connectivity index (χ0v) is 35.9. The normalized spacial score (nSPS) is 11.7. The smallest absolute Gasteiger partial charge is 0.151 e. The Morgan fingerprint density at radius 1 is 0.286 bits per heavy atom. The molecule has 0 spiro atoms. The van der Waals surface area contributed by atoms with Gasteiger partial charge in [-0.25, -0.2) is 0 Å². The molecule has 0 aliphatic carbocycles. The molecule has 0 radical (unpaired) electrons. The van der Waals surface area contributed by atoms with E-state index in [1.165, 1.54) is 103 Å². The summed E-state index contributed by atoms with van der Waals surface area (Å²) in [5, 5.41) is 5.20. The van der Waals surface area contributed by atoms with Crippen LogP contribution in [0.25, 0.3) is 32.3 Å². The number of hydrogen-bond acceptors (Lipinski definition) is 4. The monoisotopic (exact) mass is 763 g/mol. The lowest BCUT2D eigenvalue weighted by molar-refractivity contribution is 0.109. The second-order valence-corrected chi connectivity index (χ2v) is 16.8. The third-order valence-corrected chi connectivity index (χ3v) is 12.6. The third-order valence-electron chi connectivity index (χ3n) is 12.6. The molecule has 0 amide bonds. The minimum atomic E-state index is 0.453. The molecule has 0 atom stereocenters. The number of rotatable bonds is 32. The van der Waals surface area contributed by atoms with E-state index in [2.05, 4.69) is 39.8 Å². The van der Waals surface area contributed by atoms with Crippen molar-refractivity contribution in [3.05, 3.63) is 56.6 Å². The molecule has 0 aliphatic rings. The van der Waals surface area contributed by atoms with E-state index in [9.17, 15) is 19.2 Å². The number of carbonyl (C=O) groups excluding carboxylic acids is 4. The molecule has 0 N–H and O–H groups in total. The van der Waals surface area contributed by atoms with E-state index in [1.54, 1.807) is 0 Å². The molecule has 0 saturated carbocycles. The second kappa shape index (κ2) is 25.1. The van der Waals surface area contributed by atoms with E-state index in [1.807, 2.05) is 0 Å². The van der Waals surface area contributed by atoms with E-state index in [0.29, 0.717) is 22.3 Å². The first-order valence-electron chi connectivity index (χ1n) is 23.2. The van der Waals surface area contributed by atoms with Crippen LogP contribution in [0.15, 0.2) is 12.1 Å².